The monoisotopic (exact) mass is 1050 g/mol. The Kier molecular flexibility index (Phi) is 16.2. The molecule has 358 valence electrons. The first kappa shape index (κ1) is 50.8. The van der Waals surface area contributed by atoms with Crippen molar-refractivity contribution in [2.45, 2.75) is 149 Å². The first-order valence-corrected chi connectivity index (χ1v) is 29.7. The smallest absolute Gasteiger partial charge is 0.261 e. The van der Waals surface area contributed by atoms with Crippen LogP contribution in [-0.2, 0) is 29.3 Å². The van der Waals surface area contributed by atoms with Gasteiger partial charge in [0, 0.05) is 32.1 Å². The van der Waals surface area contributed by atoms with Crippen molar-refractivity contribution in [1.82, 2.24) is 34.7 Å². The van der Waals surface area contributed by atoms with Crippen LogP contribution in [0.4, 0.5) is 0 Å². The molecule has 1 aliphatic rings. The maximum atomic E-state index is 7.27. The number of aryl methyl sites for hydroxylation is 3. The normalized spacial score (nSPS) is 15.4. The Hall–Kier alpha value is -4.05. The molecule has 0 saturated carbocycles. The lowest BCUT2D eigenvalue weighted by Gasteiger charge is -2.43. The van der Waals surface area contributed by atoms with Gasteiger partial charge >= 0.3 is 0 Å². The summed E-state index contributed by atoms with van der Waals surface area (Å²) >= 11 is 2.44. The molecule has 3 aromatic heterocycles. The number of hydrogen-bond donors (Lipinski definition) is 1. The summed E-state index contributed by atoms with van der Waals surface area (Å²) in [5.41, 5.74) is 12.5. The van der Waals surface area contributed by atoms with Gasteiger partial charge in [0.1, 0.15) is 19.9 Å². The van der Waals surface area contributed by atoms with Crippen molar-refractivity contribution < 1.29 is 13.9 Å². The summed E-state index contributed by atoms with van der Waals surface area (Å²) in [7, 11) is -2.72. The van der Waals surface area contributed by atoms with Crippen molar-refractivity contribution in [3.8, 4) is 28.5 Å². The first-order valence-electron chi connectivity index (χ1n) is 24.5. The van der Waals surface area contributed by atoms with Crippen molar-refractivity contribution in [1.29, 1.82) is 0 Å². The summed E-state index contributed by atoms with van der Waals surface area (Å²) in [4.78, 5) is 0. The highest BCUT2D eigenvalue weighted by Gasteiger charge is 2.50. The first-order chi connectivity index (χ1) is 31.9. The topological polar surface area (TPSA) is 93.2 Å². The number of nitrogens with zero attached hydrogens (tertiary/aromatic N) is 6. The Labute approximate surface area is 416 Å². The molecule has 1 N–H and O–H groups in total. The molecule has 67 heavy (non-hydrogen) atoms. The molecule has 1 aliphatic heterocycles. The fourth-order valence-electron chi connectivity index (χ4n) is 10.9. The molecule has 10 nitrogen and oxygen atoms in total. The van der Waals surface area contributed by atoms with Gasteiger partial charge in [-0.2, -0.15) is 15.3 Å². The van der Waals surface area contributed by atoms with E-state index in [1.807, 2.05) is 11.7 Å². The van der Waals surface area contributed by atoms with Crippen LogP contribution in [0.3, 0.4) is 0 Å². The Morgan fingerprint density at radius 3 is 2.07 bits per heavy atom. The lowest BCUT2D eigenvalue weighted by Crippen LogP contribution is -2.66. The van der Waals surface area contributed by atoms with Crippen LogP contribution in [0, 0.1) is 28.9 Å². The summed E-state index contributed by atoms with van der Waals surface area (Å²) in [6.07, 6.45) is 2.90. The van der Waals surface area contributed by atoms with Crippen LogP contribution in [0.1, 0.15) is 118 Å². The van der Waals surface area contributed by atoms with Crippen LogP contribution < -0.4 is 20.4 Å². The van der Waals surface area contributed by atoms with Gasteiger partial charge < -0.3 is 19.2 Å². The van der Waals surface area contributed by atoms with Gasteiger partial charge in [-0.25, -0.2) is 9.36 Å². The maximum absolute atomic E-state index is 7.27. The molecule has 0 bridgehead atoms. The molecule has 0 aliphatic carbocycles. The van der Waals surface area contributed by atoms with E-state index in [0.717, 1.165) is 80.1 Å². The zero-order chi connectivity index (χ0) is 48.3. The Balaban J connectivity index is 1.10. The Morgan fingerprint density at radius 1 is 0.851 bits per heavy atom. The number of fused-ring (bicyclic) bond motifs is 1. The van der Waals surface area contributed by atoms with Crippen LogP contribution in [0.15, 0.2) is 78.9 Å². The minimum absolute atomic E-state index is 0.0969. The highest BCUT2D eigenvalue weighted by atomic mass is 127. The van der Waals surface area contributed by atoms with Gasteiger partial charge in [-0.1, -0.05) is 135 Å². The molecule has 1 saturated heterocycles. The summed E-state index contributed by atoms with van der Waals surface area (Å²) in [6.45, 7) is 30.6. The maximum Gasteiger partial charge on any atom is 0.261 e. The molecular formula is C54H74IN7O3Si2. The minimum Gasteiger partial charge on any atom is -0.473 e. The van der Waals surface area contributed by atoms with E-state index < -0.39 is 16.4 Å². The van der Waals surface area contributed by atoms with Gasteiger partial charge in [-0.3, -0.25) is 4.68 Å². The fraction of sp³-hybridized carbons (Fsp3) is 0.500. The number of nitrogens with one attached hydrogen (secondary N) is 1. The third kappa shape index (κ3) is 10.3. The molecule has 0 radical (unpaired) electrons. The predicted octanol–water partition coefficient (Wildman–Crippen LogP) is 11.3. The van der Waals surface area contributed by atoms with Crippen molar-refractivity contribution in [2.75, 3.05) is 19.8 Å². The molecule has 0 spiro atoms. The molecule has 7 rings (SSSR count). The third-order valence-electron chi connectivity index (χ3n) is 14.1. The van der Waals surface area contributed by atoms with Crippen LogP contribution in [0.2, 0.25) is 21.7 Å². The second-order valence-electron chi connectivity index (χ2n) is 20.5. The van der Waals surface area contributed by atoms with Gasteiger partial charge in [0.05, 0.1) is 44.9 Å². The second kappa shape index (κ2) is 21.3. The minimum atomic E-state index is -2.68. The number of halogens is 1. The SMILES string of the molecule is Cc1nn(CCO[Si](c2ccccc2)(c2ccccc2)C(C)(C)C)c(CNCC(C)Oc2c(-c3ccc4c(c3)c(C#C[Si](C(C)C)(C(C)C)C(C)C)nn4C3CCCCO3)c(C)nn2C)c1I. The number of hydrogen-bond acceptors (Lipinski definition) is 7. The zero-order valence-electron chi connectivity index (χ0n) is 42.3. The molecule has 2 unspecified atom stereocenters. The van der Waals surface area contributed by atoms with Crippen molar-refractivity contribution in [3.05, 3.63) is 105 Å². The molecule has 6 aromatic rings. The lowest BCUT2D eigenvalue weighted by atomic mass is 10.0. The average Bonchev–Trinajstić information content (AvgIpc) is 3.89. The number of aromatic nitrogens is 6. The molecule has 0 amide bonds. The van der Waals surface area contributed by atoms with Crippen molar-refractivity contribution in [2.24, 2.45) is 7.05 Å². The molecular weight excluding hydrogens is 978 g/mol. The average molecular weight is 1050 g/mol. The molecule has 4 heterocycles. The van der Waals surface area contributed by atoms with E-state index in [2.05, 4.69) is 211 Å². The van der Waals surface area contributed by atoms with Gasteiger partial charge in [0.15, 0.2) is 6.23 Å². The summed E-state index contributed by atoms with van der Waals surface area (Å²) in [5.74, 6) is 4.45. The second-order valence-corrected chi connectivity index (χ2v) is 31.5. The standard InChI is InChI=1S/C54H74IN7O3Si2/c1-37(2)66(38(3)4,39(5)6)33-29-47-46-34-43(27-28-48(46)62(59-47)50-26-20-21-31-63-50)51-41(8)57-60(13)53(51)65-40(7)35-56-36-49-52(55)42(9)58-61(49)30-32-64-67(54(10,11)12,44-22-16-14-17-23-44)45-24-18-15-19-25-45/h14-19,22-25,27-28,34,37-40,50,56H,20-21,26,30-32,35-36H2,1-13H3. The summed E-state index contributed by atoms with van der Waals surface area (Å²) in [6, 6.07) is 28.3. The highest BCUT2D eigenvalue weighted by molar-refractivity contribution is 14.1. The van der Waals surface area contributed by atoms with Crippen LogP contribution in [-0.4, -0.2) is 71.6 Å². The van der Waals surface area contributed by atoms with E-state index in [1.165, 1.54) is 10.4 Å². The molecule has 1 fully saturated rings. The summed E-state index contributed by atoms with van der Waals surface area (Å²) < 4.78 is 27.6. The third-order valence-corrected chi connectivity index (χ3v) is 26.8. The van der Waals surface area contributed by atoms with E-state index >= 15 is 0 Å². The van der Waals surface area contributed by atoms with Crippen LogP contribution >= 0.6 is 22.6 Å². The van der Waals surface area contributed by atoms with E-state index in [4.69, 9.17) is 29.2 Å². The zero-order valence-corrected chi connectivity index (χ0v) is 46.5. The quantitative estimate of drug-likeness (QED) is 0.0552. The van der Waals surface area contributed by atoms with Crippen molar-refractivity contribution >= 4 is 60.3 Å². The van der Waals surface area contributed by atoms with Gasteiger partial charge in [0.2, 0.25) is 5.88 Å². The van der Waals surface area contributed by atoms with E-state index in [1.54, 1.807) is 0 Å². The molecule has 3 aromatic carbocycles. The highest BCUT2D eigenvalue weighted by Crippen LogP contribution is 2.42. The van der Waals surface area contributed by atoms with Crippen LogP contribution in [0.25, 0.3) is 22.0 Å². The largest absolute Gasteiger partial charge is 0.473 e. The predicted molar refractivity (Wildman–Crippen MR) is 288 cm³/mol. The van der Waals surface area contributed by atoms with Crippen LogP contribution in [0.5, 0.6) is 5.88 Å². The number of ether oxygens (including phenoxy) is 2. The Bertz CT molecular complexity index is 2610. The van der Waals surface area contributed by atoms with Gasteiger partial charge in [0.25, 0.3) is 8.32 Å². The van der Waals surface area contributed by atoms with Gasteiger partial charge in [-0.15, -0.1) is 5.54 Å². The molecule has 2 atom stereocenters. The fourth-order valence-corrected chi connectivity index (χ4v) is 21.2. The van der Waals surface area contributed by atoms with Gasteiger partial charge in [-0.05, 0) is 112 Å². The molecule has 13 heteroatoms. The lowest BCUT2D eigenvalue weighted by molar-refractivity contribution is -0.0367. The Morgan fingerprint density at radius 2 is 1.49 bits per heavy atom. The summed E-state index contributed by atoms with van der Waals surface area (Å²) in [5, 5.41) is 22.3. The van der Waals surface area contributed by atoms with E-state index in [9.17, 15) is 0 Å². The van der Waals surface area contributed by atoms with Crippen molar-refractivity contribution in [3.63, 3.8) is 0 Å². The number of rotatable bonds is 17. The van der Waals surface area contributed by atoms with E-state index in [0.29, 0.717) is 42.9 Å². The van der Waals surface area contributed by atoms with E-state index in [-0.39, 0.29) is 17.4 Å². The number of benzene rings is 3.